The zero-order valence-corrected chi connectivity index (χ0v) is 16.6. The first kappa shape index (κ1) is 20.1. The minimum atomic E-state index is -0.251. The summed E-state index contributed by atoms with van der Waals surface area (Å²) in [5, 5.41) is 3.42. The molecule has 0 bridgehead atoms. The predicted molar refractivity (Wildman–Crippen MR) is 104 cm³/mol. The molecule has 0 fully saturated rings. The number of methoxy groups -OCH3 is 2. The van der Waals surface area contributed by atoms with Crippen LogP contribution in [0.25, 0.3) is 0 Å². The number of likely N-dealkylation sites (N-methyl/N-ethyl adjacent to an activating group) is 1. The van der Waals surface area contributed by atoms with E-state index in [9.17, 15) is 4.79 Å². The van der Waals surface area contributed by atoms with Gasteiger partial charge in [-0.3, -0.25) is 4.79 Å². The van der Waals surface area contributed by atoms with Crippen LogP contribution in [-0.2, 0) is 11.3 Å². The molecule has 2 rings (SSSR count). The second-order valence-corrected chi connectivity index (χ2v) is 6.75. The zero-order valence-electron chi connectivity index (χ0n) is 15.9. The molecule has 2 aromatic carbocycles. The highest BCUT2D eigenvalue weighted by Crippen LogP contribution is 2.30. The first-order valence-electron chi connectivity index (χ1n) is 8.46. The molecule has 140 valence electrons. The molecule has 5 nitrogen and oxygen atoms in total. The largest absolute Gasteiger partial charge is 0.493 e. The maximum Gasteiger partial charge on any atom is 0.282 e. The summed E-state index contributed by atoms with van der Waals surface area (Å²) in [5.74, 6) is 1.32. The Balaban J connectivity index is 2.10. The second-order valence-electron chi connectivity index (χ2n) is 6.35. The highest BCUT2D eigenvalue weighted by Gasteiger charge is 2.23. The number of hydrogen-bond donors (Lipinski definition) is 2. The number of ether oxygens (including phenoxy) is 2. The molecule has 0 aromatic heterocycles. The number of benzene rings is 2. The molecule has 0 saturated heterocycles. The van der Waals surface area contributed by atoms with Gasteiger partial charge in [0.05, 0.1) is 32.0 Å². The number of anilines is 1. The lowest BCUT2D eigenvalue weighted by Crippen LogP contribution is -3.12. The normalized spacial score (nSPS) is 13.0. The van der Waals surface area contributed by atoms with E-state index in [-0.39, 0.29) is 11.9 Å². The SMILES string of the molecule is COc1cc(C)c(C[NH+](C)[C@@H](C)C(=O)Nc2ccccc2Cl)cc1OC. The topological polar surface area (TPSA) is 52.0 Å². The molecule has 2 N–H and O–H groups in total. The summed E-state index contributed by atoms with van der Waals surface area (Å²) < 4.78 is 10.7. The average molecular weight is 378 g/mol. The fraction of sp³-hybridized carbons (Fsp3) is 0.350. The van der Waals surface area contributed by atoms with E-state index in [1.165, 1.54) is 0 Å². The highest BCUT2D eigenvalue weighted by molar-refractivity contribution is 6.33. The van der Waals surface area contributed by atoms with Crippen molar-refractivity contribution in [2.45, 2.75) is 26.4 Å². The summed E-state index contributed by atoms with van der Waals surface area (Å²) in [4.78, 5) is 13.6. The highest BCUT2D eigenvalue weighted by atomic mass is 35.5. The molecule has 0 spiro atoms. The number of para-hydroxylation sites is 1. The molecular formula is C20H26ClN2O3+. The van der Waals surface area contributed by atoms with Crippen LogP contribution in [0.15, 0.2) is 36.4 Å². The molecule has 2 aromatic rings. The van der Waals surface area contributed by atoms with E-state index in [4.69, 9.17) is 21.1 Å². The average Bonchev–Trinajstić information content (AvgIpc) is 2.63. The van der Waals surface area contributed by atoms with Crippen LogP contribution in [0.5, 0.6) is 11.5 Å². The van der Waals surface area contributed by atoms with Gasteiger partial charge in [-0.2, -0.15) is 0 Å². The minimum Gasteiger partial charge on any atom is -0.493 e. The van der Waals surface area contributed by atoms with Crippen LogP contribution >= 0.6 is 11.6 Å². The molecule has 1 amide bonds. The van der Waals surface area contributed by atoms with Crippen LogP contribution in [0, 0.1) is 6.92 Å². The Morgan fingerprint density at radius 2 is 1.81 bits per heavy atom. The first-order valence-corrected chi connectivity index (χ1v) is 8.84. The molecule has 0 heterocycles. The van der Waals surface area contributed by atoms with Gasteiger partial charge in [0.2, 0.25) is 0 Å². The summed E-state index contributed by atoms with van der Waals surface area (Å²) >= 11 is 6.12. The number of hydrogen-bond acceptors (Lipinski definition) is 3. The van der Waals surface area contributed by atoms with Crippen LogP contribution in [0.1, 0.15) is 18.1 Å². The second kappa shape index (κ2) is 8.92. The summed E-state index contributed by atoms with van der Waals surface area (Å²) in [6.45, 7) is 4.61. The standard InChI is InChI=1S/C20H25ClN2O3/c1-13-10-18(25-4)19(26-5)11-15(13)12-23(3)14(2)20(24)22-17-9-7-6-8-16(17)21/h6-11,14H,12H2,1-5H3,(H,22,24)/p+1/t14-/m0/s1. The molecule has 0 aliphatic rings. The number of aryl methyl sites for hydroxylation is 1. The Hall–Kier alpha value is -2.24. The van der Waals surface area contributed by atoms with Crippen LogP contribution in [0.4, 0.5) is 5.69 Å². The van der Waals surface area contributed by atoms with Crippen LogP contribution in [-0.4, -0.2) is 33.2 Å². The van der Waals surface area contributed by atoms with Crippen molar-refractivity contribution in [3.8, 4) is 11.5 Å². The summed E-state index contributed by atoms with van der Waals surface area (Å²) in [7, 11) is 5.23. The molecule has 6 heteroatoms. The number of carbonyl (C=O) groups is 1. The molecular weight excluding hydrogens is 352 g/mol. The molecule has 26 heavy (non-hydrogen) atoms. The number of rotatable bonds is 7. The first-order chi connectivity index (χ1) is 12.4. The molecule has 2 atom stereocenters. The van der Waals surface area contributed by atoms with Gasteiger partial charge in [0.25, 0.3) is 5.91 Å². The zero-order chi connectivity index (χ0) is 19.3. The van der Waals surface area contributed by atoms with Crippen molar-refractivity contribution < 1.29 is 19.2 Å². The van der Waals surface area contributed by atoms with E-state index < -0.39 is 0 Å². The van der Waals surface area contributed by atoms with Crippen molar-refractivity contribution >= 4 is 23.2 Å². The van der Waals surface area contributed by atoms with Crippen molar-refractivity contribution in [1.29, 1.82) is 0 Å². The van der Waals surface area contributed by atoms with Gasteiger partial charge in [0, 0.05) is 5.56 Å². The smallest absolute Gasteiger partial charge is 0.282 e. The fourth-order valence-corrected chi connectivity index (χ4v) is 2.88. The molecule has 1 unspecified atom stereocenters. The third-order valence-electron chi connectivity index (χ3n) is 4.58. The summed E-state index contributed by atoms with van der Waals surface area (Å²) in [5.41, 5.74) is 2.83. The molecule has 0 radical (unpaired) electrons. The number of nitrogens with one attached hydrogen (secondary N) is 2. The van der Waals surface area contributed by atoms with Crippen molar-refractivity contribution in [3.63, 3.8) is 0 Å². The van der Waals surface area contributed by atoms with Crippen molar-refractivity contribution in [1.82, 2.24) is 0 Å². The summed E-state index contributed by atoms with van der Waals surface area (Å²) in [6, 6.07) is 10.9. The maximum atomic E-state index is 12.6. The van der Waals surface area contributed by atoms with Gasteiger partial charge >= 0.3 is 0 Å². The lowest BCUT2D eigenvalue weighted by Gasteiger charge is -2.22. The lowest BCUT2D eigenvalue weighted by molar-refractivity contribution is -0.907. The van der Waals surface area contributed by atoms with Crippen molar-refractivity contribution in [2.75, 3.05) is 26.6 Å². The van der Waals surface area contributed by atoms with Gasteiger partial charge in [0.15, 0.2) is 17.5 Å². The van der Waals surface area contributed by atoms with Crippen LogP contribution in [0.3, 0.4) is 0 Å². The van der Waals surface area contributed by atoms with Gasteiger partial charge in [0.1, 0.15) is 6.54 Å². The minimum absolute atomic E-state index is 0.0753. The van der Waals surface area contributed by atoms with Crippen LogP contribution in [0.2, 0.25) is 5.02 Å². The lowest BCUT2D eigenvalue weighted by atomic mass is 10.1. The Morgan fingerprint density at radius 3 is 2.42 bits per heavy atom. The number of carbonyl (C=O) groups excluding carboxylic acids is 1. The Morgan fingerprint density at radius 1 is 1.19 bits per heavy atom. The van der Waals surface area contributed by atoms with Gasteiger partial charge < -0.3 is 19.7 Å². The van der Waals surface area contributed by atoms with Crippen LogP contribution < -0.4 is 19.7 Å². The van der Waals surface area contributed by atoms with E-state index in [0.717, 1.165) is 16.0 Å². The van der Waals surface area contributed by atoms with Gasteiger partial charge in [-0.05, 0) is 43.7 Å². The van der Waals surface area contributed by atoms with E-state index in [2.05, 4.69) is 5.32 Å². The summed E-state index contributed by atoms with van der Waals surface area (Å²) in [6.07, 6.45) is 0. The van der Waals surface area contributed by atoms with Crippen molar-refractivity contribution in [2.24, 2.45) is 0 Å². The Labute approximate surface area is 159 Å². The Bertz CT molecular complexity index is 780. The Kier molecular flexibility index (Phi) is 6.89. The van der Waals surface area contributed by atoms with Gasteiger partial charge in [-0.25, -0.2) is 0 Å². The third kappa shape index (κ3) is 4.68. The fourth-order valence-electron chi connectivity index (χ4n) is 2.69. The van der Waals surface area contributed by atoms with Gasteiger partial charge in [-0.1, -0.05) is 23.7 Å². The third-order valence-corrected chi connectivity index (χ3v) is 4.91. The van der Waals surface area contributed by atoms with E-state index >= 15 is 0 Å². The molecule has 0 aliphatic carbocycles. The predicted octanol–water partition coefficient (Wildman–Crippen LogP) is 2.71. The van der Waals surface area contributed by atoms with E-state index in [0.29, 0.717) is 28.8 Å². The number of amides is 1. The van der Waals surface area contributed by atoms with E-state index in [1.54, 1.807) is 26.4 Å². The number of halogens is 1. The van der Waals surface area contributed by atoms with E-state index in [1.807, 2.05) is 45.2 Å². The maximum absolute atomic E-state index is 12.6. The molecule has 0 saturated carbocycles. The van der Waals surface area contributed by atoms with Crippen molar-refractivity contribution in [3.05, 3.63) is 52.5 Å². The molecule has 0 aliphatic heterocycles. The monoisotopic (exact) mass is 377 g/mol. The van der Waals surface area contributed by atoms with Gasteiger partial charge in [-0.15, -0.1) is 0 Å². The quantitative estimate of drug-likeness (QED) is 0.780. The number of quaternary nitrogens is 1.